The summed E-state index contributed by atoms with van der Waals surface area (Å²) in [5, 5.41) is 4.04. The first-order chi connectivity index (χ1) is 18.2. The summed E-state index contributed by atoms with van der Waals surface area (Å²) >= 11 is 0. The number of fused-ring (bicyclic) bond motifs is 1. The Labute approximate surface area is 215 Å². The highest BCUT2D eigenvalue weighted by Gasteiger charge is 2.20. The Balaban J connectivity index is 1.20. The summed E-state index contributed by atoms with van der Waals surface area (Å²) in [4.78, 5) is 31.2. The second-order valence-electron chi connectivity index (χ2n) is 9.45. The van der Waals surface area contributed by atoms with Gasteiger partial charge < -0.3 is 10.3 Å². The van der Waals surface area contributed by atoms with Crippen LogP contribution < -0.4 is 10.9 Å². The number of rotatable bonds is 6. The number of aromatic nitrogens is 4. The topological polar surface area (TPSA) is 86.8 Å². The monoisotopic (exact) mass is 488 g/mol. The van der Waals surface area contributed by atoms with Crippen molar-refractivity contribution in [3.8, 4) is 22.4 Å². The molecule has 0 spiro atoms. The van der Waals surface area contributed by atoms with E-state index in [1.165, 1.54) is 5.56 Å². The van der Waals surface area contributed by atoms with Crippen molar-refractivity contribution < 1.29 is 0 Å². The molecule has 5 aromatic rings. The van der Waals surface area contributed by atoms with Crippen molar-refractivity contribution in [2.24, 2.45) is 0 Å². The van der Waals surface area contributed by atoms with Crippen molar-refractivity contribution in [3.63, 3.8) is 0 Å². The molecule has 0 bridgehead atoms. The molecule has 0 saturated carbocycles. The molecular weight excluding hydrogens is 460 g/mol. The van der Waals surface area contributed by atoms with Crippen LogP contribution in [0.4, 0.5) is 5.95 Å². The summed E-state index contributed by atoms with van der Waals surface area (Å²) in [5.41, 5.74) is 5.76. The fourth-order valence-corrected chi connectivity index (χ4v) is 4.99. The molecule has 7 heteroatoms. The van der Waals surface area contributed by atoms with Crippen LogP contribution in [0.15, 0.2) is 96.2 Å². The largest absolute Gasteiger partial charge is 0.351 e. The molecule has 6 rings (SSSR count). The van der Waals surface area contributed by atoms with Crippen molar-refractivity contribution in [1.29, 1.82) is 0 Å². The lowest BCUT2D eigenvalue weighted by Crippen LogP contribution is -2.38. The fraction of sp³-hybridized carbons (Fsp3) is 0.200. The summed E-state index contributed by atoms with van der Waals surface area (Å²) in [6.45, 7) is 2.98. The highest BCUT2D eigenvalue weighted by molar-refractivity contribution is 5.91. The summed E-state index contributed by atoms with van der Waals surface area (Å²) in [7, 11) is 0. The van der Waals surface area contributed by atoms with Gasteiger partial charge in [-0.25, -0.2) is 15.0 Å². The third kappa shape index (κ3) is 5.13. The molecule has 2 aromatic carbocycles. The van der Waals surface area contributed by atoms with E-state index in [1.54, 1.807) is 18.6 Å². The maximum atomic E-state index is 12.4. The predicted molar refractivity (Wildman–Crippen MR) is 147 cm³/mol. The van der Waals surface area contributed by atoms with E-state index in [-0.39, 0.29) is 5.56 Å². The molecule has 3 aromatic heterocycles. The van der Waals surface area contributed by atoms with Crippen LogP contribution in [-0.4, -0.2) is 44.0 Å². The molecule has 1 aliphatic heterocycles. The molecule has 0 unspecified atom stereocenters. The van der Waals surface area contributed by atoms with Gasteiger partial charge >= 0.3 is 0 Å². The van der Waals surface area contributed by atoms with Gasteiger partial charge in [-0.2, -0.15) is 0 Å². The Kier molecular flexibility index (Phi) is 6.44. The lowest BCUT2D eigenvalue weighted by molar-refractivity contribution is 0.211. The zero-order valence-corrected chi connectivity index (χ0v) is 20.5. The van der Waals surface area contributed by atoms with Crippen LogP contribution in [-0.2, 0) is 6.54 Å². The molecule has 1 saturated heterocycles. The minimum atomic E-state index is -0.126. The molecule has 2 N–H and O–H groups in total. The molecule has 184 valence electrons. The van der Waals surface area contributed by atoms with Crippen LogP contribution >= 0.6 is 0 Å². The number of nitrogens with zero attached hydrogens (tertiary/aromatic N) is 4. The average Bonchev–Trinajstić information content (AvgIpc) is 2.95. The first kappa shape index (κ1) is 23.1. The van der Waals surface area contributed by atoms with Crippen LogP contribution in [0.5, 0.6) is 0 Å². The number of likely N-dealkylation sites (tertiary alicyclic amines) is 1. The van der Waals surface area contributed by atoms with Gasteiger partial charge in [0.25, 0.3) is 5.56 Å². The number of benzene rings is 2. The van der Waals surface area contributed by atoms with E-state index in [2.05, 4.69) is 61.6 Å². The molecule has 0 aliphatic carbocycles. The molecule has 0 atom stereocenters. The number of nitrogens with one attached hydrogen (secondary N) is 2. The van der Waals surface area contributed by atoms with Crippen LogP contribution in [0.25, 0.3) is 33.3 Å². The maximum absolute atomic E-state index is 12.4. The van der Waals surface area contributed by atoms with E-state index in [0.29, 0.717) is 22.9 Å². The molecule has 7 nitrogen and oxygen atoms in total. The Morgan fingerprint density at radius 1 is 0.892 bits per heavy atom. The quantitative estimate of drug-likeness (QED) is 0.345. The summed E-state index contributed by atoms with van der Waals surface area (Å²) in [6.07, 6.45) is 7.32. The van der Waals surface area contributed by atoms with Crippen LogP contribution in [0.2, 0.25) is 0 Å². The first-order valence-corrected chi connectivity index (χ1v) is 12.7. The second-order valence-corrected chi connectivity index (χ2v) is 9.45. The Hall–Kier alpha value is -4.36. The number of hydrogen-bond acceptors (Lipinski definition) is 6. The Morgan fingerprint density at radius 2 is 1.65 bits per heavy atom. The van der Waals surface area contributed by atoms with Crippen molar-refractivity contribution in [2.75, 3.05) is 18.4 Å². The van der Waals surface area contributed by atoms with Gasteiger partial charge in [-0.1, -0.05) is 54.6 Å². The average molecular weight is 489 g/mol. The van der Waals surface area contributed by atoms with Crippen molar-refractivity contribution in [2.45, 2.75) is 25.4 Å². The Morgan fingerprint density at radius 3 is 2.41 bits per heavy atom. The number of hydrogen-bond donors (Lipinski definition) is 2. The van der Waals surface area contributed by atoms with Gasteiger partial charge in [0.1, 0.15) is 0 Å². The van der Waals surface area contributed by atoms with Crippen LogP contribution in [0.1, 0.15) is 18.4 Å². The van der Waals surface area contributed by atoms with Gasteiger partial charge in [-0.05, 0) is 42.2 Å². The summed E-state index contributed by atoms with van der Waals surface area (Å²) in [6, 6.07) is 24.8. The van der Waals surface area contributed by atoms with E-state index in [1.807, 2.05) is 36.4 Å². The first-order valence-electron chi connectivity index (χ1n) is 12.7. The minimum absolute atomic E-state index is 0.126. The molecule has 0 radical (unpaired) electrons. The minimum Gasteiger partial charge on any atom is -0.351 e. The van der Waals surface area contributed by atoms with Gasteiger partial charge in [0.05, 0.1) is 16.6 Å². The normalized spacial score (nSPS) is 14.6. The summed E-state index contributed by atoms with van der Waals surface area (Å²) < 4.78 is 0. The lowest BCUT2D eigenvalue weighted by Gasteiger charge is -2.32. The fourth-order valence-electron chi connectivity index (χ4n) is 4.99. The van der Waals surface area contributed by atoms with E-state index in [4.69, 9.17) is 4.98 Å². The number of aromatic amines is 1. The Bertz CT molecular complexity index is 1540. The molecule has 1 fully saturated rings. The van der Waals surface area contributed by atoms with E-state index >= 15 is 0 Å². The number of pyridine rings is 2. The molecule has 37 heavy (non-hydrogen) atoms. The third-order valence-corrected chi connectivity index (χ3v) is 6.96. The molecule has 4 heterocycles. The van der Waals surface area contributed by atoms with Crippen LogP contribution in [0.3, 0.4) is 0 Å². The van der Waals surface area contributed by atoms with Crippen molar-refractivity contribution in [1.82, 2.24) is 24.8 Å². The van der Waals surface area contributed by atoms with E-state index < -0.39 is 0 Å². The second kappa shape index (κ2) is 10.3. The maximum Gasteiger partial charge on any atom is 0.257 e. The molecule has 1 aliphatic rings. The van der Waals surface area contributed by atoms with E-state index in [0.717, 1.165) is 54.9 Å². The van der Waals surface area contributed by atoms with Crippen molar-refractivity contribution in [3.05, 3.63) is 107 Å². The number of H-pyrrole nitrogens is 1. The number of piperidine rings is 1. The lowest BCUT2D eigenvalue weighted by atomic mass is 9.97. The van der Waals surface area contributed by atoms with Crippen LogP contribution in [0, 0.1) is 0 Å². The molecular formula is C30H28N6O. The van der Waals surface area contributed by atoms with Gasteiger partial charge in [0, 0.05) is 55.4 Å². The van der Waals surface area contributed by atoms with Gasteiger partial charge in [-0.3, -0.25) is 9.69 Å². The SMILES string of the molecule is O=c1[nH]ccc2nc(-c3ccc(CN4CCC(Nc5ncccn5)CC4)cc3)c(-c3ccccc3)cc12. The van der Waals surface area contributed by atoms with Gasteiger partial charge in [0.2, 0.25) is 5.95 Å². The highest BCUT2D eigenvalue weighted by atomic mass is 16.1. The molecule has 0 amide bonds. The predicted octanol–water partition coefficient (Wildman–Crippen LogP) is 5.12. The van der Waals surface area contributed by atoms with Gasteiger partial charge in [-0.15, -0.1) is 0 Å². The van der Waals surface area contributed by atoms with Gasteiger partial charge in [0.15, 0.2) is 0 Å². The zero-order chi connectivity index (χ0) is 25.0. The van der Waals surface area contributed by atoms with Crippen molar-refractivity contribution >= 4 is 16.9 Å². The highest BCUT2D eigenvalue weighted by Crippen LogP contribution is 2.33. The summed E-state index contributed by atoms with van der Waals surface area (Å²) in [5.74, 6) is 0.707. The smallest absolute Gasteiger partial charge is 0.257 e. The third-order valence-electron chi connectivity index (χ3n) is 6.96. The van der Waals surface area contributed by atoms with E-state index in [9.17, 15) is 4.79 Å². The standard InChI is InChI=1S/C30H28N6O/c37-29-26-19-25(22-5-2-1-3-6-22)28(35-27(26)11-16-31-29)23-9-7-21(8-10-23)20-36-17-12-24(13-18-36)34-30-32-14-4-15-33-30/h1-11,14-16,19,24H,12-13,17-18,20H2,(H,31,37)(H,32,33,34). The zero-order valence-electron chi connectivity index (χ0n) is 20.5. The number of anilines is 1.